The number of rotatable bonds is 4. The lowest BCUT2D eigenvalue weighted by Crippen LogP contribution is -2.19. The molecule has 1 aromatic heterocycles. The van der Waals surface area contributed by atoms with E-state index < -0.39 is 0 Å². The summed E-state index contributed by atoms with van der Waals surface area (Å²) >= 11 is 3.50. The summed E-state index contributed by atoms with van der Waals surface area (Å²) in [4.78, 5) is 4.20. The van der Waals surface area contributed by atoms with Crippen molar-refractivity contribution in [1.29, 1.82) is 0 Å². The number of hydrogen-bond donors (Lipinski definition) is 1. The van der Waals surface area contributed by atoms with Gasteiger partial charge in [0.2, 0.25) is 0 Å². The van der Waals surface area contributed by atoms with Crippen LogP contribution in [0.1, 0.15) is 20.3 Å². The molecule has 1 heterocycles. The Hall–Kier alpha value is -0.0600. The number of hydrogen-bond acceptors (Lipinski definition) is 4. The SMILES string of the molecule is CC(N)CC(C)Sc1nccs1. The van der Waals surface area contributed by atoms with E-state index in [1.165, 1.54) is 0 Å². The Morgan fingerprint density at radius 2 is 2.42 bits per heavy atom. The van der Waals surface area contributed by atoms with Crippen LogP contribution in [0.2, 0.25) is 0 Å². The summed E-state index contributed by atoms with van der Waals surface area (Å²) in [5.74, 6) is 0. The summed E-state index contributed by atoms with van der Waals surface area (Å²) in [7, 11) is 0. The van der Waals surface area contributed by atoms with Crippen molar-refractivity contribution in [2.45, 2.75) is 35.9 Å². The minimum atomic E-state index is 0.285. The highest BCUT2D eigenvalue weighted by Crippen LogP contribution is 2.26. The second-order valence-electron chi connectivity index (χ2n) is 2.94. The van der Waals surface area contributed by atoms with Crippen LogP contribution >= 0.6 is 23.1 Å². The molecule has 1 aromatic rings. The van der Waals surface area contributed by atoms with Gasteiger partial charge >= 0.3 is 0 Å². The summed E-state index contributed by atoms with van der Waals surface area (Å²) in [6.45, 7) is 4.23. The number of thioether (sulfide) groups is 1. The van der Waals surface area contributed by atoms with Crippen LogP contribution in [0.4, 0.5) is 0 Å². The number of aromatic nitrogens is 1. The normalized spacial score (nSPS) is 15.9. The van der Waals surface area contributed by atoms with Crippen molar-refractivity contribution in [1.82, 2.24) is 4.98 Å². The van der Waals surface area contributed by atoms with Crippen LogP contribution in [0.25, 0.3) is 0 Å². The Morgan fingerprint density at radius 1 is 1.67 bits per heavy atom. The van der Waals surface area contributed by atoms with Gasteiger partial charge in [-0.2, -0.15) is 0 Å². The maximum atomic E-state index is 5.69. The molecule has 0 bridgehead atoms. The zero-order chi connectivity index (χ0) is 8.97. The molecule has 0 aliphatic heterocycles. The van der Waals surface area contributed by atoms with Crippen molar-refractivity contribution in [3.8, 4) is 0 Å². The van der Waals surface area contributed by atoms with Gasteiger partial charge in [-0.25, -0.2) is 4.98 Å². The first kappa shape index (κ1) is 10.0. The van der Waals surface area contributed by atoms with Crippen LogP contribution in [-0.4, -0.2) is 16.3 Å². The lowest BCUT2D eigenvalue weighted by atomic mass is 10.2. The van der Waals surface area contributed by atoms with E-state index in [4.69, 9.17) is 5.73 Å². The minimum absolute atomic E-state index is 0.285. The lowest BCUT2D eigenvalue weighted by molar-refractivity contribution is 0.663. The van der Waals surface area contributed by atoms with Gasteiger partial charge in [0, 0.05) is 22.9 Å². The minimum Gasteiger partial charge on any atom is -0.328 e. The van der Waals surface area contributed by atoms with E-state index in [0.717, 1.165) is 10.8 Å². The van der Waals surface area contributed by atoms with Gasteiger partial charge in [0.05, 0.1) is 0 Å². The molecule has 0 aliphatic rings. The molecule has 0 aromatic carbocycles. The van der Waals surface area contributed by atoms with Gasteiger partial charge in [-0.1, -0.05) is 18.7 Å². The van der Waals surface area contributed by atoms with Crippen LogP contribution in [0, 0.1) is 0 Å². The predicted molar refractivity (Wildman–Crippen MR) is 55.7 cm³/mol. The van der Waals surface area contributed by atoms with Crippen LogP contribution in [0.5, 0.6) is 0 Å². The molecule has 0 radical (unpaired) electrons. The third kappa shape index (κ3) is 3.56. The summed E-state index contributed by atoms with van der Waals surface area (Å²) in [6, 6.07) is 0.285. The molecule has 2 atom stereocenters. The molecule has 0 amide bonds. The molecule has 12 heavy (non-hydrogen) atoms. The van der Waals surface area contributed by atoms with E-state index >= 15 is 0 Å². The van der Waals surface area contributed by atoms with E-state index in [1.54, 1.807) is 23.1 Å². The van der Waals surface area contributed by atoms with Gasteiger partial charge in [-0.05, 0) is 13.3 Å². The van der Waals surface area contributed by atoms with Crippen molar-refractivity contribution in [2.24, 2.45) is 5.73 Å². The van der Waals surface area contributed by atoms with Crippen LogP contribution in [0.3, 0.4) is 0 Å². The van der Waals surface area contributed by atoms with Gasteiger partial charge < -0.3 is 5.73 Å². The average Bonchev–Trinajstić information content (AvgIpc) is 2.37. The number of nitrogens with zero attached hydrogens (tertiary/aromatic N) is 1. The highest BCUT2D eigenvalue weighted by atomic mass is 32.2. The Labute approximate surface area is 81.6 Å². The third-order valence-corrected chi connectivity index (χ3v) is 3.46. The molecule has 0 saturated carbocycles. The van der Waals surface area contributed by atoms with Crippen LogP contribution in [-0.2, 0) is 0 Å². The molecule has 2 nitrogen and oxygen atoms in total. The topological polar surface area (TPSA) is 38.9 Å². The Kier molecular flexibility index (Phi) is 4.05. The standard InChI is InChI=1S/C8H14N2S2/c1-6(9)5-7(2)12-8-10-3-4-11-8/h3-4,6-7H,5,9H2,1-2H3. The molecule has 4 heteroatoms. The van der Waals surface area contributed by atoms with Crippen molar-refractivity contribution in [2.75, 3.05) is 0 Å². The molecule has 2 unspecified atom stereocenters. The van der Waals surface area contributed by atoms with E-state index in [0.29, 0.717) is 5.25 Å². The number of thiazole rings is 1. The average molecular weight is 202 g/mol. The molecule has 0 fully saturated rings. The highest BCUT2D eigenvalue weighted by Gasteiger charge is 2.07. The molecule has 1 rings (SSSR count). The fourth-order valence-corrected chi connectivity index (χ4v) is 3.12. The summed E-state index contributed by atoms with van der Waals surface area (Å²) in [6.07, 6.45) is 2.88. The van der Waals surface area contributed by atoms with Crippen molar-refractivity contribution >= 4 is 23.1 Å². The predicted octanol–water partition coefficient (Wildman–Crippen LogP) is 2.36. The first-order valence-electron chi connectivity index (χ1n) is 4.00. The van der Waals surface area contributed by atoms with E-state index in [1.807, 2.05) is 18.5 Å². The van der Waals surface area contributed by atoms with Crippen molar-refractivity contribution in [3.63, 3.8) is 0 Å². The van der Waals surface area contributed by atoms with Crippen molar-refractivity contribution in [3.05, 3.63) is 11.6 Å². The van der Waals surface area contributed by atoms with Gasteiger partial charge in [0.25, 0.3) is 0 Å². The summed E-state index contributed by atoms with van der Waals surface area (Å²) in [5.41, 5.74) is 5.69. The highest BCUT2D eigenvalue weighted by molar-refractivity contribution is 8.01. The maximum Gasteiger partial charge on any atom is 0.150 e. The van der Waals surface area contributed by atoms with Crippen LogP contribution in [0.15, 0.2) is 15.9 Å². The molecule has 0 spiro atoms. The molecule has 68 valence electrons. The van der Waals surface area contributed by atoms with Gasteiger partial charge in [0.1, 0.15) is 4.34 Å². The molecule has 0 saturated heterocycles. The second-order valence-corrected chi connectivity index (χ2v) is 5.52. The monoisotopic (exact) mass is 202 g/mol. The molecular formula is C8H14N2S2. The fourth-order valence-electron chi connectivity index (χ4n) is 1.01. The zero-order valence-corrected chi connectivity index (χ0v) is 8.99. The first-order chi connectivity index (χ1) is 5.68. The van der Waals surface area contributed by atoms with Gasteiger partial charge in [-0.15, -0.1) is 11.3 Å². The van der Waals surface area contributed by atoms with Gasteiger partial charge in [0.15, 0.2) is 0 Å². The summed E-state index contributed by atoms with van der Waals surface area (Å²) in [5, 5.41) is 2.57. The van der Waals surface area contributed by atoms with Crippen molar-refractivity contribution < 1.29 is 0 Å². The molecular weight excluding hydrogens is 188 g/mol. The van der Waals surface area contributed by atoms with Gasteiger partial charge in [-0.3, -0.25) is 0 Å². The quantitative estimate of drug-likeness (QED) is 0.762. The zero-order valence-electron chi connectivity index (χ0n) is 7.36. The Balaban J connectivity index is 2.32. The Morgan fingerprint density at radius 3 is 2.92 bits per heavy atom. The van der Waals surface area contributed by atoms with E-state index in [-0.39, 0.29) is 6.04 Å². The largest absolute Gasteiger partial charge is 0.328 e. The fraction of sp³-hybridized carbons (Fsp3) is 0.625. The maximum absolute atomic E-state index is 5.69. The smallest absolute Gasteiger partial charge is 0.150 e. The summed E-state index contributed by atoms with van der Waals surface area (Å²) < 4.78 is 1.14. The molecule has 2 N–H and O–H groups in total. The van der Waals surface area contributed by atoms with E-state index in [2.05, 4.69) is 11.9 Å². The Bertz CT molecular complexity index is 209. The second kappa shape index (κ2) is 4.84. The third-order valence-electron chi connectivity index (χ3n) is 1.42. The lowest BCUT2D eigenvalue weighted by Gasteiger charge is -2.10. The number of nitrogens with two attached hydrogens (primary N) is 1. The van der Waals surface area contributed by atoms with E-state index in [9.17, 15) is 0 Å². The first-order valence-corrected chi connectivity index (χ1v) is 5.76. The van der Waals surface area contributed by atoms with Crippen LogP contribution < -0.4 is 5.73 Å². The molecule has 0 aliphatic carbocycles.